The smallest absolute Gasteiger partial charge is 0.321 e. The summed E-state index contributed by atoms with van der Waals surface area (Å²) in [7, 11) is 0. The van der Waals surface area contributed by atoms with Crippen molar-refractivity contribution in [3.8, 4) is 11.8 Å². The van der Waals surface area contributed by atoms with E-state index in [1.54, 1.807) is 42.7 Å². The molecule has 0 radical (unpaired) electrons. The Labute approximate surface area is 111 Å². The van der Waals surface area contributed by atoms with Gasteiger partial charge in [0.15, 0.2) is 0 Å². The van der Waals surface area contributed by atoms with Crippen LogP contribution in [-0.2, 0) is 0 Å². The van der Waals surface area contributed by atoms with E-state index in [0.29, 0.717) is 11.3 Å². The second-order valence-electron chi connectivity index (χ2n) is 4.29. The summed E-state index contributed by atoms with van der Waals surface area (Å²) in [5.74, 6) is 0.400. The second-order valence-corrected chi connectivity index (χ2v) is 4.29. The molecule has 1 aromatic heterocycles. The molecule has 5 heteroatoms. The average molecular weight is 257 g/mol. The van der Waals surface area contributed by atoms with Crippen molar-refractivity contribution >= 4 is 5.91 Å². The molecule has 2 aromatic rings. The van der Waals surface area contributed by atoms with Crippen LogP contribution in [0.2, 0.25) is 0 Å². The minimum atomic E-state index is -0.130. The van der Waals surface area contributed by atoms with Gasteiger partial charge in [0.1, 0.15) is 5.75 Å². The van der Waals surface area contributed by atoms with Gasteiger partial charge >= 0.3 is 6.01 Å². The third-order valence-electron chi connectivity index (χ3n) is 2.27. The van der Waals surface area contributed by atoms with Crippen molar-refractivity contribution < 1.29 is 9.53 Å². The normalized spacial score (nSPS) is 10.3. The number of hydrogen-bond donors (Lipinski definition) is 1. The summed E-state index contributed by atoms with van der Waals surface area (Å²) in [6, 6.07) is 8.96. The Balaban J connectivity index is 2.13. The lowest BCUT2D eigenvalue weighted by atomic mass is 10.2. The van der Waals surface area contributed by atoms with Gasteiger partial charge in [0, 0.05) is 24.0 Å². The highest BCUT2D eigenvalue weighted by Gasteiger charge is 2.08. The number of carbonyl (C=O) groups excluding carboxylic acids is 1. The minimum absolute atomic E-state index is 0.0922. The number of ether oxygens (including phenoxy) is 1. The Hall–Kier alpha value is -2.43. The number of carbonyl (C=O) groups is 1. The van der Waals surface area contributed by atoms with E-state index in [9.17, 15) is 4.79 Å². The molecule has 2 rings (SSSR count). The third kappa shape index (κ3) is 3.77. The van der Waals surface area contributed by atoms with Crippen LogP contribution in [-0.4, -0.2) is 21.9 Å². The van der Waals surface area contributed by atoms with Gasteiger partial charge in [0.25, 0.3) is 5.91 Å². The zero-order valence-corrected chi connectivity index (χ0v) is 10.8. The van der Waals surface area contributed by atoms with E-state index in [4.69, 9.17) is 4.74 Å². The molecule has 0 spiro atoms. The number of rotatable bonds is 4. The van der Waals surface area contributed by atoms with Gasteiger partial charge in [-0.2, -0.15) is 0 Å². The Morgan fingerprint density at radius 2 is 1.95 bits per heavy atom. The molecule has 1 heterocycles. The number of nitrogens with one attached hydrogen (secondary N) is 1. The summed E-state index contributed by atoms with van der Waals surface area (Å²) in [6.45, 7) is 3.83. The first-order valence-electron chi connectivity index (χ1n) is 6.01. The van der Waals surface area contributed by atoms with Gasteiger partial charge in [-0.3, -0.25) is 4.79 Å². The minimum Gasteiger partial charge on any atom is -0.424 e. The van der Waals surface area contributed by atoms with Crippen LogP contribution < -0.4 is 10.1 Å². The SMILES string of the molecule is CC(C)NC(=O)c1cccc(Oc2ncccn2)c1. The molecule has 0 saturated carbocycles. The van der Waals surface area contributed by atoms with Crippen LogP contribution in [0.1, 0.15) is 24.2 Å². The van der Waals surface area contributed by atoms with E-state index >= 15 is 0 Å². The number of benzene rings is 1. The molecule has 98 valence electrons. The van der Waals surface area contributed by atoms with Crippen LogP contribution in [0.3, 0.4) is 0 Å². The Morgan fingerprint density at radius 1 is 1.21 bits per heavy atom. The Bertz CT molecular complexity index is 556. The maximum Gasteiger partial charge on any atom is 0.321 e. The molecule has 1 N–H and O–H groups in total. The van der Waals surface area contributed by atoms with Gasteiger partial charge < -0.3 is 10.1 Å². The molecule has 5 nitrogen and oxygen atoms in total. The van der Waals surface area contributed by atoms with Gasteiger partial charge in [-0.05, 0) is 38.1 Å². The van der Waals surface area contributed by atoms with Crippen LogP contribution in [0.25, 0.3) is 0 Å². The van der Waals surface area contributed by atoms with E-state index in [-0.39, 0.29) is 18.0 Å². The van der Waals surface area contributed by atoms with E-state index in [2.05, 4.69) is 15.3 Å². The first kappa shape index (κ1) is 13.0. The molecular formula is C14H15N3O2. The lowest BCUT2D eigenvalue weighted by molar-refractivity contribution is 0.0943. The van der Waals surface area contributed by atoms with Gasteiger partial charge in [-0.25, -0.2) is 9.97 Å². The average Bonchev–Trinajstić information content (AvgIpc) is 2.39. The quantitative estimate of drug-likeness (QED) is 0.913. The summed E-state index contributed by atoms with van der Waals surface area (Å²) < 4.78 is 5.47. The van der Waals surface area contributed by atoms with Gasteiger partial charge in [0.05, 0.1) is 0 Å². The van der Waals surface area contributed by atoms with Crippen molar-refractivity contribution in [2.75, 3.05) is 0 Å². The number of hydrogen-bond acceptors (Lipinski definition) is 4. The maximum absolute atomic E-state index is 11.9. The third-order valence-corrected chi connectivity index (χ3v) is 2.27. The standard InChI is InChI=1S/C14H15N3O2/c1-10(2)17-13(18)11-5-3-6-12(9-11)19-14-15-7-4-8-16-14/h3-10H,1-2H3,(H,17,18). The highest BCUT2D eigenvalue weighted by atomic mass is 16.5. The highest BCUT2D eigenvalue weighted by molar-refractivity contribution is 5.94. The van der Waals surface area contributed by atoms with Crippen molar-refractivity contribution in [2.45, 2.75) is 19.9 Å². The maximum atomic E-state index is 11.9. The van der Waals surface area contributed by atoms with E-state index in [1.807, 2.05) is 13.8 Å². The van der Waals surface area contributed by atoms with Crippen LogP contribution in [0.15, 0.2) is 42.7 Å². The van der Waals surface area contributed by atoms with Gasteiger partial charge in [-0.15, -0.1) is 0 Å². The summed E-state index contributed by atoms with van der Waals surface area (Å²) in [4.78, 5) is 19.8. The van der Waals surface area contributed by atoms with Crippen molar-refractivity contribution in [2.24, 2.45) is 0 Å². The molecule has 1 aromatic carbocycles. The van der Waals surface area contributed by atoms with Crippen LogP contribution >= 0.6 is 0 Å². The number of aromatic nitrogens is 2. The fourth-order valence-electron chi connectivity index (χ4n) is 1.49. The largest absolute Gasteiger partial charge is 0.424 e. The Kier molecular flexibility index (Phi) is 4.07. The molecular weight excluding hydrogens is 242 g/mol. The predicted octanol–water partition coefficient (Wildman–Crippen LogP) is 2.41. The summed E-state index contributed by atoms with van der Waals surface area (Å²) in [5.41, 5.74) is 0.544. The van der Waals surface area contributed by atoms with Gasteiger partial charge in [0.2, 0.25) is 0 Å². The Morgan fingerprint density at radius 3 is 2.63 bits per heavy atom. The second kappa shape index (κ2) is 5.95. The number of amides is 1. The van der Waals surface area contributed by atoms with Crippen LogP contribution in [0.5, 0.6) is 11.8 Å². The fraction of sp³-hybridized carbons (Fsp3) is 0.214. The van der Waals surface area contributed by atoms with Crippen LogP contribution in [0, 0.1) is 0 Å². The van der Waals surface area contributed by atoms with Gasteiger partial charge in [-0.1, -0.05) is 6.07 Å². The topological polar surface area (TPSA) is 64.1 Å². The first-order chi connectivity index (χ1) is 9.15. The molecule has 0 aliphatic carbocycles. The zero-order valence-electron chi connectivity index (χ0n) is 10.8. The lowest BCUT2D eigenvalue weighted by Gasteiger charge is -2.09. The zero-order chi connectivity index (χ0) is 13.7. The number of nitrogens with zero attached hydrogens (tertiary/aromatic N) is 2. The van der Waals surface area contributed by atoms with Crippen LogP contribution in [0.4, 0.5) is 0 Å². The van der Waals surface area contributed by atoms with E-state index in [0.717, 1.165) is 0 Å². The highest BCUT2D eigenvalue weighted by Crippen LogP contribution is 2.18. The predicted molar refractivity (Wildman–Crippen MR) is 71.2 cm³/mol. The summed E-state index contributed by atoms with van der Waals surface area (Å²) >= 11 is 0. The summed E-state index contributed by atoms with van der Waals surface area (Å²) in [6.07, 6.45) is 3.19. The van der Waals surface area contributed by atoms with Crippen molar-refractivity contribution in [1.29, 1.82) is 0 Å². The van der Waals surface area contributed by atoms with E-state index < -0.39 is 0 Å². The first-order valence-corrected chi connectivity index (χ1v) is 6.01. The van der Waals surface area contributed by atoms with Crippen molar-refractivity contribution in [3.63, 3.8) is 0 Å². The van der Waals surface area contributed by atoms with E-state index in [1.165, 1.54) is 0 Å². The molecule has 0 bridgehead atoms. The molecule has 19 heavy (non-hydrogen) atoms. The molecule has 0 aliphatic rings. The molecule has 0 unspecified atom stereocenters. The molecule has 0 saturated heterocycles. The monoisotopic (exact) mass is 257 g/mol. The molecule has 1 amide bonds. The van der Waals surface area contributed by atoms with Crippen molar-refractivity contribution in [3.05, 3.63) is 48.3 Å². The molecule has 0 aliphatic heterocycles. The fourth-order valence-corrected chi connectivity index (χ4v) is 1.49. The molecule has 0 atom stereocenters. The lowest BCUT2D eigenvalue weighted by Crippen LogP contribution is -2.29. The summed E-state index contributed by atoms with van der Waals surface area (Å²) in [5, 5.41) is 2.82. The van der Waals surface area contributed by atoms with Crippen molar-refractivity contribution in [1.82, 2.24) is 15.3 Å². The molecule has 0 fully saturated rings.